The fourth-order valence-electron chi connectivity index (χ4n) is 3.72. The molecule has 2 aromatic carbocycles. The molecule has 1 N–H and O–H groups in total. The zero-order chi connectivity index (χ0) is 23.4. The average molecular weight is 475 g/mol. The van der Waals surface area contributed by atoms with Gasteiger partial charge in [0.1, 0.15) is 24.1 Å². The van der Waals surface area contributed by atoms with Crippen LogP contribution in [-0.4, -0.2) is 54.0 Å². The predicted molar refractivity (Wildman–Crippen MR) is 127 cm³/mol. The van der Waals surface area contributed by atoms with Gasteiger partial charge in [-0.1, -0.05) is 11.6 Å². The van der Waals surface area contributed by atoms with Crippen molar-refractivity contribution < 1.29 is 18.6 Å². The number of hydrogen-bond acceptors (Lipinski definition) is 7. The van der Waals surface area contributed by atoms with Crippen molar-refractivity contribution in [2.75, 3.05) is 32.2 Å². The van der Waals surface area contributed by atoms with Crippen LogP contribution in [-0.2, 0) is 4.74 Å². The summed E-state index contributed by atoms with van der Waals surface area (Å²) in [6, 6.07) is 8.15. The summed E-state index contributed by atoms with van der Waals surface area (Å²) in [4.78, 5) is 11.0. The van der Waals surface area contributed by atoms with Gasteiger partial charge in [-0.15, -0.1) is 0 Å². The van der Waals surface area contributed by atoms with Gasteiger partial charge in [0, 0.05) is 30.2 Å². The fraction of sp³-hybridized carbons (Fsp3) is 0.417. The molecule has 33 heavy (non-hydrogen) atoms. The van der Waals surface area contributed by atoms with E-state index in [1.807, 2.05) is 26.0 Å². The van der Waals surface area contributed by atoms with E-state index < -0.39 is 5.82 Å². The number of methoxy groups -OCH3 is 1. The van der Waals surface area contributed by atoms with Crippen LogP contribution in [0.2, 0.25) is 5.02 Å². The number of halogens is 2. The number of hydrogen-bond donors (Lipinski definition) is 1. The molecular formula is C24H28ClFN4O3. The Morgan fingerprint density at radius 3 is 2.64 bits per heavy atom. The lowest BCUT2D eigenvalue weighted by Gasteiger charge is -2.32. The Balaban J connectivity index is 1.53. The minimum absolute atomic E-state index is 0.0363. The monoisotopic (exact) mass is 474 g/mol. The summed E-state index contributed by atoms with van der Waals surface area (Å²) >= 11 is 5.92. The van der Waals surface area contributed by atoms with E-state index in [9.17, 15) is 4.39 Å². The molecule has 0 unspecified atom stereocenters. The zero-order valence-electron chi connectivity index (χ0n) is 19.0. The molecule has 1 fully saturated rings. The maximum atomic E-state index is 13.5. The minimum Gasteiger partial charge on any atom is -0.493 e. The lowest BCUT2D eigenvalue weighted by Crippen LogP contribution is -2.39. The number of benzene rings is 2. The molecule has 4 rings (SSSR count). The second-order valence-electron chi connectivity index (χ2n) is 8.28. The molecule has 1 aliphatic rings. The van der Waals surface area contributed by atoms with Gasteiger partial charge in [0.15, 0.2) is 11.5 Å². The zero-order valence-corrected chi connectivity index (χ0v) is 19.7. The van der Waals surface area contributed by atoms with Crippen molar-refractivity contribution in [2.45, 2.75) is 38.9 Å². The number of anilines is 2. The van der Waals surface area contributed by atoms with Gasteiger partial charge in [-0.25, -0.2) is 14.4 Å². The number of ether oxygens (including phenoxy) is 3. The van der Waals surface area contributed by atoms with Crippen molar-refractivity contribution >= 4 is 34.0 Å². The average Bonchev–Trinajstić information content (AvgIpc) is 2.81. The Kier molecular flexibility index (Phi) is 7.47. The van der Waals surface area contributed by atoms with Crippen molar-refractivity contribution in [3.63, 3.8) is 0 Å². The molecule has 1 saturated heterocycles. The van der Waals surface area contributed by atoms with Crippen molar-refractivity contribution in [3.05, 3.63) is 47.5 Å². The molecule has 0 amide bonds. The minimum atomic E-state index is -0.475. The lowest BCUT2D eigenvalue weighted by atomic mass is 10.1. The SMILES string of the molecule is COc1cc2ncnc(Nc3ccc(F)c(Cl)c3)c2cc1OC1CCN(COC(C)C)CC1. The van der Waals surface area contributed by atoms with E-state index in [4.69, 9.17) is 25.8 Å². The largest absolute Gasteiger partial charge is 0.493 e. The van der Waals surface area contributed by atoms with Gasteiger partial charge in [-0.3, -0.25) is 4.90 Å². The first-order chi connectivity index (χ1) is 15.9. The van der Waals surface area contributed by atoms with Gasteiger partial charge in [0.25, 0.3) is 0 Å². The number of nitrogens with one attached hydrogen (secondary N) is 1. The van der Waals surface area contributed by atoms with Crippen LogP contribution >= 0.6 is 11.6 Å². The Morgan fingerprint density at radius 2 is 1.94 bits per heavy atom. The first-order valence-corrected chi connectivity index (χ1v) is 11.4. The van der Waals surface area contributed by atoms with Crippen molar-refractivity contribution in [1.29, 1.82) is 0 Å². The summed E-state index contributed by atoms with van der Waals surface area (Å²) in [7, 11) is 1.61. The quantitative estimate of drug-likeness (QED) is 0.468. The first kappa shape index (κ1) is 23.5. The highest BCUT2D eigenvalue weighted by Crippen LogP contribution is 2.36. The molecule has 0 radical (unpaired) electrons. The van der Waals surface area contributed by atoms with Gasteiger partial charge in [0.2, 0.25) is 0 Å². The highest BCUT2D eigenvalue weighted by Gasteiger charge is 2.23. The van der Waals surface area contributed by atoms with Gasteiger partial charge in [-0.05, 0) is 51.0 Å². The molecule has 0 bridgehead atoms. The number of aromatic nitrogens is 2. The van der Waals surface area contributed by atoms with E-state index >= 15 is 0 Å². The normalized spacial score (nSPS) is 15.2. The van der Waals surface area contributed by atoms with Gasteiger partial charge in [0.05, 0.1) is 30.5 Å². The molecule has 1 aromatic heterocycles. The molecule has 176 valence electrons. The summed E-state index contributed by atoms with van der Waals surface area (Å²) in [6.07, 6.45) is 3.55. The summed E-state index contributed by atoms with van der Waals surface area (Å²) in [5, 5.41) is 3.99. The smallest absolute Gasteiger partial charge is 0.162 e. The summed E-state index contributed by atoms with van der Waals surface area (Å²) in [5.74, 6) is 1.34. The Labute approximate surface area is 197 Å². The topological polar surface area (TPSA) is 68.7 Å². The third-order valence-electron chi connectivity index (χ3n) is 5.52. The van der Waals surface area contributed by atoms with Crippen LogP contribution in [0.4, 0.5) is 15.9 Å². The number of likely N-dealkylation sites (tertiary alicyclic amines) is 1. The molecule has 0 aliphatic carbocycles. The van der Waals surface area contributed by atoms with Crippen LogP contribution in [0.3, 0.4) is 0 Å². The van der Waals surface area contributed by atoms with Crippen molar-refractivity contribution in [3.8, 4) is 11.5 Å². The summed E-state index contributed by atoms with van der Waals surface area (Å²) in [5.41, 5.74) is 1.32. The first-order valence-electron chi connectivity index (χ1n) is 11.0. The van der Waals surface area contributed by atoms with E-state index in [1.165, 1.54) is 18.5 Å². The Morgan fingerprint density at radius 1 is 1.15 bits per heavy atom. The van der Waals surface area contributed by atoms with Crippen LogP contribution in [0, 0.1) is 5.82 Å². The Hall–Kier alpha value is -2.68. The molecule has 7 nitrogen and oxygen atoms in total. The van der Waals surface area contributed by atoms with E-state index in [0.717, 1.165) is 31.3 Å². The summed E-state index contributed by atoms with van der Waals surface area (Å²) in [6.45, 7) is 6.55. The molecule has 9 heteroatoms. The van der Waals surface area contributed by atoms with Gasteiger partial charge < -0.3 is 19.5 Å². The van der Waals surface area contributed by atoms with Crippen LogP contribution in [0.1, 0.15) is 26.7 Å². The van der Waals surface area contributed by atoms with Gasteiger partial charge >= 0.3 is 0 Å². The molecule has 0 atom stereocenters. The predicted octanol–water partition coefficient (Wildman–Crippen LogP) is 5.40. The second-order valence-corrected chi connectivity index (χ2v) is 8.68. The maximum absolute atomic E-state index is 13.5. The summed E-state index contributed by atoms with van der Waals surface area (Å²) < 4.78 is 31.2. The second kappa shape index (κ2) is 10.5. The Bertz CT molecular complexity index is 1110. The van der Waals surface area contributed by atoms with Gasteiger partial charge in [-0.2, -0.15) is 0 Å². The highest BCUT2D eigenvalue weighted by molar-refractivity contribution is 6.31. The fourth-order valence-corrected chi connectivity index (χ4v) is 3.90. The van der Waals surface area contributed by atoms with E-state index in [1.54, 1.807) is 13.2 Å². The lowest BCUT2D eigenvalue weighted by molar-refractivity contribution is -0.0276. The third kappa shape index (κ3) is 5.82. The molecule has 0 saturated carbocycles. The molecule has 2 heterocycles. The number of fused-ring (bicyclic) bond motifs is 1. The molecule has 1 aliphatic heterocycles. The van der Waals surface area contributed by atoms with Crippen LogP contribution in [0.5, 0.6) is 11.5 Å². The van der Waals surface area contributed by atoms with Crippen LogP contribution in [0.25, 0.3) is 10.9 Å². The van der Waals surface area contributed by atoms with Crippen molar-refractivity contribution in [1.82, 2.24) is 14.9 Å². The number of rotatable bonds is 8. The molecule has 0 spiro atoms. The number of piperidine rings is 1. The van der Waals surface area contributed by atoms with Crippen molar-refractivity contribution in [2.24, 2.45) is 0 Å². The molecule has 3 aromatic rings. The van der Waals surface area contributed by atoms with E-state index in [2.05, 4.69) is 20.2 Å². The number of nitrogens with zero attached hydrogens (tertiary/aromatic N) is 3. The third-order valence-corrected chi connectivity index (χ3v) is 5.81. The van der Waals surface area contributed by atoms with Crippen LogP contribution < -0.4 is 14.8 Å². The van der Waals surface area contributed by atoms with E-state index in [-0.39, 0.29) is 17.2 Å². The standard InChI is InChI=1S/C24H28ClFN4O3/c1-15(2)32-14-30-8-6-17(7-9-30)33-23-11-18-21(12-22(23)31-3)27-13-28-24(18)29-16-4-5-20(26)19(25)10-16/h4-5,10-13,15,17H,6-9,14H2,1-3H3,(H,27,28,29). The highest BCUT2D eigenvalue weighted by atomic mass is 35.5. The van der Waals surface area contributed by atoms with E-state index in [0.29, 0.717) is 35.3 Å². The maximum Gasteiger partial charge on any atom is 0.162 e. The molecular weight excluding hydrogens is 447 g/mol. The van der Waals surface area contributed by atoms with Crippen LogP contribution in [0.15, 0.2) is 36.7 Å².